The van der Waals surface area contributed by atoms with Gasteiger partial charge in [0.25, 0.3) is 6.43 Å². The molecule has 0 amide bonds. The topological polar surface area (TPSA) is 32.5 Å². The van der Waals surface area contributed by atoms with Crippen molar-refractivity contribution in [2.24, 2.45) is 5.73 Å². The second-order valence-electron chi connectivity index (χ2n) is 5.29. The van der Waals surface area contributed by atoms with E-state index < -0.39 is 12.0 Å². The fraction of sp³-hybridized carbons (Fsp3) is 1.00. The Kier molecular flexibility index (Phi) is 3.47. The zero-order valence-electron chi connectivity index (χ0n) is 9.83. The highest BCUT2D eigenvalue weighted by Crippen LogP contribution is 2.29. The molecular formula is C11H21F2N3. The first kappa shape index (κ1) is 12.2. The van der Waals surface area contributed by atoms with Crippen molar-refractivity contribution in [3.63, 3.8) is 0 Å². The van der Waals surface area contributed by atoms with E-state index in [2.05, 4.69) is 16.8 Å². The Morgan fingerprint density at radius 2 is 1.88 bits per heavy atom. The molecule has 2 heterocycles. The highest BCUT2D eigenvalue weighted by atomic mass is 19.3. The molecule has 0 aliphatic carbocycles. The third kappa shape index (κ3) is 2.36. The van der Waals surface area contributed by atoms with Gasteiger partial charge >= 0.3 is 0 Å². The molecule has 2 saturated heterocycles. The van der Waals surface area contributed by atoms with Crippen molar-refractivity contribution >= 4 is 0 Å². The smallest absolute Gasteiger partial charge is 0.257 e. The molecule has 94 valence electrons. The Bertz CT molecular complexity index is 241. The summed E-state index contributed by atoms with van der Waals surface area (Å²) < 4.78 is 25.5. The van der Waals surface area contributed by atoms with Crippen LogP contribution >= 0.6 is 0 Å². The number of alkyl halides is 2. The van der Waals surface area contributed by atoms with Gasteiger partial charge in [0.2, 0.25) is 0 Å². The van der Waals surface area contributed by atoms with Crippen molar-refractivity contribution in [3.05, 3.63) is 0 Å². The van der Waals surface area contributed by atoms with E-state index in [0.717, 1.165) is 32.5 Å². The summed E-state index contributed by atoms with van der Waals surface area (Å²) in [6.07, 6.45) is 0.187. The molecule has 0 aromatic rings. The van der Waals surface area contributed by atoms with Crippen LogP contribution in [0, 0.1) is 0 Å². The Labute approximate surface area is 95.6 Å². The van der Waals surface area contributed by atoms with Crippen LogP contribution in [-0.2, 0) is 0 Å². The van der Waals surface area contributed by atoms with Gasteiger partial charge in [0.15, 0.2) is 0 Å². The molecule has 0 aromatic heterocycles. The lowest BCUT2D eigenvalue weighted by molar-refractivity contribution is 0.0505. The van der Waals surface area contributed by atoms with Crippen LogP contribution in [0.25, 0.3) is 0 Å². The maximum atomic E-state index is 12.8. The predicted molar refractivity (Wildman–Crippen MR) is 59.6 cm³/mol. The van der Waals surface area contributed by atoms with E-state index in [1.807, 2.05) is 0 Å². The van der Waals surface area contributed by atoms with E-state index in [-0.39, 0.29) is 0 Å². The molecule has 2 rings (SSSR count). The summed E-state index contributed by atoms with van der Waals surface area (Å²) in [4.78, 5) is 4.45. The largest absolute Gasteiger partial charge is 0.319 e. The lowest BCUT2D eigenvalue weighted by Gasteiger charge is -2.35. The number of hydrogen-bond donors (Lipinski definition) is 1. The lowest BCUT2D eigenvalue weighted by atomic mass is 10.0. The van der Waals surface area contributed by atoms with Crippen LogP contribution in [0.1, 0.15) is 19.3 Å². The molecular weight excluding hydrogens is 212 g/mol. The first-order chi connectivity index (χ1) is 7.51. The van der Waals surface area contributed by atoms with Crippen molar-refractivity contribution in [1.29, 1.82) is 0 Å². The van der Waals surface area contributed by atoms with Gasteiger partial charge in [0.1, 0.15) is 0 Å². The molecule has 1 atom stereocenters. The molecule has 0 aromatic carbocycles. The number of likely N-dealkylation sites (tertiary alicyclic amines) is 2. The predicted octanol–water partition coefficient (Wildman–Crippen LogP) is 0.749. The molecule has 1 unspecified atom stereocenters. The molecule has 16 heavy (non-hydrogen) atoms. The molecule has 5 heteroatoms. The van der Waals surface area contributed by atoms with E-state index in [1.54, 1.807) is 0 Å². The molecule has 0 radical (unpaired) electrons. The SMILES string of the molecule is CN1CCC(N2CCC(N)(C(F)F)C2)CC1. The number of halogens is 2. The minimum atomic E-state index is -2.40. The highest BCUT2D eigenvalue weighted by Gasteiger charge is 2.44. The zero-order chi connectivity index (χ0) is 11.8. The van der Waals surface area contributed by atoms with Crippen LogP contribution in [-0.4, -0.2) is 61.0 Å². The zero-order valence-corrected chi connectivity index (χ0v) is 9.83. The molecule has 2 fully saturated rings. The third-order valence-corrected chi connectivity index (χ3v) is 4.00. The van der Waals surface area contributed by atoms with E-state index in [9.17, 15) is 8.78 Å². The van der Waals surface area contributed by atoms with Gasteiger partial charge in [-0.1, -0.05) is 0 Å². The maximum absolute atomic E-state index is 12.8. The Hall–Kier alpha value is -0.260. The number of rotatable bonds is 2. The van der Waals surface area contributed by atoms with Gasteiger partial charge in [0.05, 0.1) is 5.54 Å². The Morgan fingerprint density at radius 3 is 2.38 bits per heavy atom. The minimum Gasteiger partial charge on any atom is -0.319 e. The first-order valence-electron chi connectivity index (χ1n) is 6.01. The summed E-state index contributed by atoms with van der Waals surface area (Å²) in [6, 6.07) is 0.459. The van der Waals surface area contributed by atoms with Gasteiger partial charge < -0.3 is 10.6 Å². The highest BCUT2D eigenvalue weighted by molar-refractivity contribution is 4.99. The molecule has 0 spiro atoms. The minimum absolute atomic E-state index is 0.360. The molecule has 3 nitrogen and oxygen atoms in total. The standard InChI is InChI=1S/C11H21F2N3/c1-15-5-2-9(3-6-15)16-7-4-11(14,8-16)10(12)13/h9-10H,2-8,14H2,1H3. The summed E-state index contributed by atoms with van der Waals surface area (Å²) in [5.41, 5.74) is 4.46. The van der Waals surface area contributed by atoms with Crippen molar-refractivity contribution in [2.75, 3.05) is 33.2 Å². The average Bonchev–Trinajstić information content (AvgIpc) is 2.63. The molecule has 2 aliphatic rings. The van der Waals surface area contributed by atoms with Gasteiger partial charge in [-0.15, -0.1) is 0 Å². The van der Waals surface area contributed by atoms with Gasteiger partial charge in [-0.3, -0.25) is 4.90 Å². The fourth-order valence-corrected chi connectivity index (χ4v) is 2.74. The number of hydrogen-bond acceptors (Lipinski definition) is 3. The molecule has 0 bridgehead atoms. The third-order valence-electron chi connectivity index (χ3n) is 4.00. The van der Waals surface area contributed by atoms with Crippen LogP contribution in [0.5, 0.6) is 0 Å². The van der Waals surface area contributed by atoms with Crippen LogP contribution < -0.4 is 5.73 Å². The molecule has 0 saturated carbocycles. The molecule has 2 aliphatic heterocycles. The Balaban J connectivity index is 1.89. The van der Waals surface area contributed by atoms with Crippen LogP contribution in [0.2, 0.25) is 0 Å². The Morgan fingerprint density at radius 1 is 1.25 bits per heavy atom. The van der Waals surface area contributed by atoms with Crippen LogP contribution in [0.3, 0.4) is 0 Å². The van der Waals surface area contributed by atoms with E-state index in [0.29, 0.717) is 19.0 Å². The van der Waals surface area contributed by atoms with Gasteiger partial charge in [-0.2, -0.15) is 0 Å². The van der Waals surface area contributed by atoms with Gasteiger partial charge in [-0.05, 0) is 39.4 Å². The number of piperidine rings is 1. The average molecular weight is 233 g/mol. The second-order valence-corrected chi connectivity index (χ2v) is 5.29. The van der Waals surface area contributed by atoms with Crippen molar-refractivity contribution in [2.45, 2.75) is 37.3 Å². The number of nitrogens with two attached hydrogens (primary N) is 1. The molecule has 2 N–H and O–H groups in total. The first-order valence-corrected chi connectivity index (χ1v) is 6.01. The summed E-state index contributed by atoms with van der Waals surface area (Å²) in [5.74, 6) is 0. The van der Waals surface area contributed by atoms with Crippen molar-refractivity contribution in [1.82, 2.24) is 9.80 Å². The van der Waals surface area contributed by atoms with E-state index in [4.69, 9.17) is 5.73 Å². The quantitative estimate of drug-likeness (QED) is 0.764. The van der Waals surface area contributed by atoms with Gasteiger partial charge in [-0.25, -0.2) is 8.78 Å². The normalized spacial score (nSPS) is 35.1. The van der Waals surface area contributed by atoms with E-state index in [1.165, 1.54) is 0 Å². The lowest BCUT2D eigenvalue weighted by Crippen LogP contribution is -2.51. The summed E-state index contributed by atoms with van der Waals surface area (Å²) in [7, 11) is 2.10. The van der Waals surface area contributed by atoms with E-state index >= 15 is 0 Å². The van der Waals surface area contributed by atoms with Crippen molar-refractivity contribution in [3.8, 4) is 0 Å². The summed E-state index contributed by atoms with van der Waals surface area (Å²) >= 11 is 0. The monoisotopic (exact) mass is 233 g/mol. The van der Waals surface area contributed by atoms with Crippen molar-refractivity contribution < 1.29 is 8.78 Å². The van der Waals surface area contributed by atoms with Crippen LogP contribution in [0.4, 0.5) is 8.78 Å². The van der Waals surface area contributed by atoms with Crippen LogP contribution in [0.15, 0.2) is 0 Å². The number of nitrogens with zero attached hydrogens (tertiary/aromatic N) is 2. The second kappa shape index (κ2) is 4.55. The maximum Gasteiger partial charge on any atom is 0.257 e. The van der Waals surface area contributed by atoms with Gasteiger partial charge in [0, 0.05) is 19.1 Å². The summed E-state index contributed by atoms with van der Waals surface area (Å²) in [5, 5.41) is 0. The summed E-state index contributed by atoms with van der Waals surface area (Å²) in [6.45, 7) is 3.22. The fourth-order valence-electron chi connectivity index (χ4n) is 2.74.